The first-order chi connectivity index (χ1) is 10.0. The van der Waals surface area contributed by atoms with Crippen molar-refractivity contribution in [2.45, 2.75) is 38.1 Å². The van der Waals surface area contributed by atoms with Crippen LogP contribution in [-0.4, -0.2) is 16.1 Å². The average Bonchev–Trinajstić information content (AvgIpc) is 2.99. The summed E-state index contributed by atoms with van der Waals surface area (Å²) in [6.07, 6.45) is 1.81. The van der Waals surface area contributed by atoms with Gasteiger partial charge in [-0.3, -0.25) is 4.79 Å². The van der Waals surface area contributed by atoms with Crippen molar-refractivity contribution >= 4 is 17.3 Å². The molecule has 0 amide bonds. The van der Waals surface area contributed by atoms with Crippen molar-refractivity contribution in [3.63, 3.8) is 0 Å². The van der Waals surface area contributed by atoms with Crippen molar-refractivity contribution in [3.8, 4) is 0 Å². The van der Waals surface area contributed by atoms with E-state index in [0.717, 1.165) is 17.8 Å². The fourth-order valence-electron chi connectivity index (χ4n) is 2.62. The van der Waals surface area contributed by atoms with Crippen LogP contribution in [0.3, 0.4) is 0 Å². The van der Waals surface area contributed by atoms with E-state index in [9.17, 15) is 4.79 Å². The van der Waals surface area contributed by atoms with E-state index >= 15 is 0 Å². The fourth-order valence-corrected chi connectivity index (χ4v) is 3.84. The normalized spacial score (nSPS) is 13.1. The molecule has 0 radical (unpaired) electrons. The van der Waals surface area contributed by atoms with Crippen LogP contribution in [-0.2, 0) is 10.2 Å². The number of carbonyl (C=O) groups is 1. The lowest BCUT2D eigenvalue weighted by molar-refractivity contribution is -0.138. The molecule has 112 valence electrons. The van der Waals surface area contributed by atoms with Crippen LogP contribution in [0, 0.1) is 0 Å². The highest BCUT2D eigenvalue weighted by Crippen LogP contribution is 2.40. The lowest BCUT2D eigenvalue weighted by Gasteiger charge is -2.30. The lowest BCUT2D eigenvalue weighted by Crippen LogP contribution is -2.27. The van der Waals surface area contributed by atoms with Crippen molar-refractivity contribution in [1.82, 2.24) is 4.98 Å². The van der Waals surface area contributed by atoms with Crippen molar-refractivity contribution in [2.75, 3.05) is 0 Å². The zero-order valence-electron chi connectivity index (χ0n) is 12.2. The van der Waals surface area contributed by atoms with Gasteiger partial charge in [-0.05, 0) is 18.4 Å². The molecule has 1 unspecified atom stereocenters. The Morgan fingerprint density at radius 1 is 1.33 bits per heavy atom. The maximum absolute atomic E-state index is 11.0. The molecule has 0 saturated heterocycles. The summed E-state index contributed by atoms with van der Waals surface area (Å²) in [5, 5.41) is 11.7. The molecule has 0 aliphatic heterocycles. The standard InChI is InChI=1S/C16H20N2O2S/c1-3-16(4-2,11-8-6-5-7-9-11)15-18-12(10-21-15)13(17)14(19)20/h5-10,13H,3-4,17H2,1-2H3,(H,19,20). The predicted octanol–water partition coefficient (Wildman–Crippen LogP) is 3.33. The summed E-state index contributed by atoms with van der Waals surface area (Å²) in [6.45, 7) is 4.27. The number of nitrogens with zero attached hydrogens (tertiary/aromatic N) is 1. The van der Waals surface area contributed by atoms with Crippen LogP contribution in [0.2, 0.25) is 0 Å². The Morgan fingerprint density at radius 3 is 2.48 bits per heavy atom. The number of hydrogen-bond acceptors (Lipinski definition) is 4. The quantitative estimate of drug-likeness (QED) is 0.858. The first-order valence-corrected chi connectivity index (χ1v) is 7.93. The van der Waals surface area contributed by atoms with Crippen LogP contribution in [0.25, 0.3) is 0 Å². The van der Waals surface area contributed by atoms with E-state index in [4.69, 9.17) is 10.8 Å². The SMILES string of the molecule is CCC(CC)(c1ccccc1)c1nc(C(N)C(=O)O)cs1. The Labute approximate surface area is 128 Å². The largest absolute Gasteiger partial charge is 0.480 e. The van der Waals surface area contributed by atoms with Gasteiger partial charge in [0, 0.05) is 10.8 Å². The monoisotopic (exact) mass is 304 g/mol. The van der Waals surface area contributed by atoms with Crippen LogP contribution < -0.4 is 5.73 Å². The predicted molar refractivity (Wildman–Crippen MR) is 84.5 cm³/mol. The second-order valence-electron chi connectivity index (χ2n) is 5.05. The molecule has 2 rings (SSSR count). The van der Waals surface area contributed by atoms with Gasteiger partial charge in [-0.2, -0.15) is 0 Å². The van der Waals surface area contributed by atoms with Gasteiger partial charge in [0.2, 0.25) is 0 Å². The minimum absolute atomic E-state index is 0.178. The number of nitrogens with two attached hydrogens (primary N) is 1. The molecular weight excluding hydrogens is 284 g/mol. The highest BCUT2D eigenvalue weighted by molar-refractivity contribution is 7.09. The molecule has 0 aliphatic rings. The maximum Gasteiger partial charge on any atom is 0.326 e. The topological polar surface area (TPSA) is 76.2 Å². The van der Waals surface area contributed by atoms with Gasteiger partial charge < -0.3 is 10.8 Å². The molecule has 21 heavy (non-hydrogen) atoms. The van der Waals surface area contributed by atoms with E-state index in [0.29, 0.717) is 5.69 Å². The molecule has 0 aliphatic carbocycles. The van der Waals surface area contributed by atoms with Crippen LogP contribution in [0.15, 0.2) is 35.7 Å². The maximum atomic E-state index is 11.0. The van der Waals surface area contributed by atoms with E-state index in [1.807, 2.05) is 18.2 Å². The van der Waals surface area contributed by atoms with Gasteiger partial charge in [0.1, 0.15) is 11.0 Å². The number of carboxylic acids is 1. The average molecular weight is 304 g/mol. The van der Waals surface area contributed by atoms with E-state index in [1.54, 1.807) is 5.38 Å². The molecule has 2 aromatic rings. The van der Waals surface area contributed by atoms with Crippen molar-refractivity contribution in [1.29, 1.82) is 0 Å². The van der Waals surface area contributed by atoms with Gasteiger partial charge in [0.25, 0.3) is 0 Å². The molecule has 4 nitrogen and oxygen atoms in total. The van der Waals surface area contributed by atoms with Crippen LogP contribution >= 0.6 is 11.3 Å². The van der Waals surface area contributed by atoms with Crippen molar-refractivity contribution in [2.24, 2.45) is 5.73 Å². The van der Waals surface area contributed by atoms with Gasteiger partial charge in [0.15, 0.2) is 0 Å². The lowest BCUT2D eigenvalue weighted by atomic mass is 9.76. The smallest absolute Gasteiger partial charge is 0.326 e. The second kappa shape index (κ2) is 6.37. The number of aromatic nitrogens is 1. The second-order valence-corrected chi connectivity index (χ2v) is 5.91. The van der Waals surface area contributed by atoms with Gasteiger partial charge >= 0.3 is 5.97 Å². The van der Waals surface area contributed by atoms with Gasteiger partial charge in [0.05, 0.1) is 5.69 Å². The van der Waals surface area contributed by atoms with E-state index in [1.165, 1.54) is 16.9 Å². The Balaban J connectivity index is 2.47. The Morgan fingerprint density at radius 2 is 1.95 bits per heavy atom. The molecule has 5 heteroatoms. The van der Waals surface area contributed by atoms with Gasteiger partial charge in [-0.15, -0.1) is 11.3 Å². The number of rotatable bonds is 6. The summed E-state index contributed by atoms with van der Waals surface area (Å²) < 4.78 is 0. The molecule has 3 N–H and O–H groups in total. The summed E-state index contributed by atoms with van der Waals surface area (Å²) in [5.74, 6) is -1.05. The first-order valence-electron chi connectivity index (χ1n) is 7.05. The Hall–Kier alpha value is -1.72. The van der Waals surface area contributed by atoms with Crippen molar-refractivity contribution < 1.29 is 9.90 Å². The highest BCUT2D eigenvalue weighted by atomic mass is 32.1. The fraction of sp³-hybridized carbons (Fsp3) is 0.375. The van der Waals surface area contributed by atoms with E-state index < -0.39 is 12.0 Å². The molecule has 0 bridgehead atoms. The molecule has 0 spiro atoms. The zero-order chi connectivity index (χ0) is 15.5. The molecule has 0 fully saturated rings. The van der Waals surface area contributed by atoms with E-state index in [2.05, 4.69) is 31.0 Å². The first kappa shape index (κ1) is 15.7. The number of aliphatic carboxylic acids is 1. The van der Waals surface area contributed by atoms with E-state index in [-0.39, 0.29) is 5.41 Å². The third-order valence-electron chi connectivity index (χ3n) is 4.05. The summed E-state index contributed by atoms with van der Waals surface area (Å²) in [5.41, 5.74) is 7.13. The third-order valence-corrected chi connectivity index (χ3v) is 5.11. The third kappa shape index (κ3) is 2.84. The molecule has 1 atom stereocenters. The van der Waals surface area contributed by atoms with Crippen LogP contribution in [0.4, 0.5) is 0 Å². The minimum atomic E-state index is -1.06. The zero-order valence-corrected chi connectivity index (χ0v) is 13.1. The molecule has 1 aromatic carbocycles. The van der Waals surface area contributed by atoms with Crippen LogP contribution in [0.1, 0.15) is 49.0 Å². The number of benzene rings is 1. The minimum Gasteiger partial charge on any atom is -0.480 e. The van der Waals surface area contributed by atoms with Crippen molar-refractivity contribution in [3.05, 3.63) is 52.0 Å². The molecule has 1 aromatic heterocycles. The molecule has 0 saturated carbocycles. The summed E-state index contributed by atoms with van der Waals surface area (Å²) in [4.78, 5) is 15.5. The number of carboxylic acid groups (broad SMARTS) is 1. The highest BCUT2D eigenvalue weighted by Gasteiger charge is 2.34. The Kier molecular flexibility index (Phi) is 4.75. The summed E-state index contributed by atoms with van der Waals surface area (Å²) in [6, 6.07) is 9.18. The Bertz CT molecular complexity index is 606. The molecular formula is C16H20N2O2S. The van der Waals surface area contributed by atoms with Crippen LogP contribution in [0.5, 0.6) is 0 Å². The number of hydrogen-bond donors (Lipinski definition) is 2. The van der Waals surface area contributed by atoms with Gasteiger partial charge in [-0.1, -0.05) is 44.2 Å². The number of thiazole rings is 1. The summed E-state index contributed by atoms with van der Waals surface area (Å²) >= 11 is 1.49. The summed E-state index contributed by atoms with van der Waals surface area (Å²) in [7, 11) is 0. The molecule has 1 heterocycles. The van der Waals surface area contributed by atoms with Gasteiger partial charge in [-0.25, -0.2) is 4.98 Å².